The maximum atomic E-state index is 12.9. The van der Waals surface area contributed by atoms with Crippen molar-refractivity contribution in [2.24, 2.45) is 0 Å². The summed E-state index contributed by atoms with van der Waals surface area (Å²) in [5.41, 5.74) is 1.31. The van der Waals surface area contributed by atoms with Crippen molar-refractivity contribution in [2.45, 2.75) is 62.6 Å². The number of nitrogens with zero attached hydrogens (tertiary/aromatic N) is 3. The maximum Gasteiger partial charge on any atom is 0.273 e. The standard InChI is InChI=1S/C21H27N5O2.ClH/c27-20(18-14-26(25-24-18)15-7-11-22-12-8-15)23-17-13-21(9-3-4-10-21)28-19-6-2-1-5-16(17)19;/h1-2,5-6,14-15,17,22H,3-4,7-13H2,(H,23,27);1H. The van der Waals surface area contributed by atoms with E-state index in [1.54, 1.807) is 6.20 Å². The van der Waals surface area contributed by atoms with Crippen LogP contribution in [0.5, 0.6) is 5.75 Å². The highest BCUT2D eigenvalue weighted by Crippen LogP contribution is 2.47. The van der Waals surface area contributed by atoms with E-state index in [0.29, 0.717) is 11.7 Å². The molecule has 3 aliphatic rings. The molecule has 2 N–H and O–H groups in total. The maximum absolute atomic E-state index is 12.9. The highest BCUT2D eigenvalue weighted by atomic mass is 35.5. The van der Waals surface area contributed by atoms with Crippen LogP contribution < -0.4 is 15.4 Å². The number of ether oxygens (including phenoxy) is 1. The first-order valence-electron chi connectivity index (χ1n) is 10.4. The smallest absolute Gasteiger partial charge is 0.273 e. The van der Waals surface area contributed by atoms with Crippen LogP contribution in [0.2, 0.25) is 0 Å². The molecule has 1 unspecified atom stereocenters. The number of benzene rings is 1. The van der Waals surface area contributed by atoms with Gasteiger partial charge in [-0.2, -0.15) is 0 Å². The van der Waals surface area contributed by atoms with Gasteiger partial charge in [0, 0.05) is 12.0 Å². The van der Waals surface area contributed by atoms with E-state index in [4.69, 9.17) is 4.74 Å². The second-order valence-electron chi connectivity index (χ2n) is 8.33. The van der Waals surface area contributed by atoms with Crippen LogP contribution in [0.3, 0.4) is 0 Å². The third-order valence-corrected chi connectivity index (χ3v) is 6.44. The minimum atomic E-state index is -0.157. The Morgan fingerprint density at radius 1 is 1.21 bits per heavy atom. The summed E-state index contributed by atoms with van der Waals surface area (Å²) in [4.78, 5) is 12.9. The lowest BCUT2D eigenvalue weighted by Crippen LogP contribution is -2.43. The van der Waals surface area contributed by atoms with E-state index in [-0.39, 0.29) is 30.0 Å². The highest BCUT2D eigenvalue weighted by Gasteiger charge is 2.43. The second-order valence-corrected chi connectivity index (χ2v) is 8.33. The number of fused-ring (bicyclic) bond motifs is 1. The van der Waals surface area contributed by atoms with Crippen LogP contribution in [0.15, 0.2) is 30.5 Å². The molecular weight excluding hydrogens is 390 g/mol. The lowest BCUT2D eigenvalue weighted by atomic mass is 9.86. The van der Waals surface area contributed by atoms with Gasteiger partial charge in [0.2, 0.25) is 0 Å². The Morgan fingerprint density at radius 2 is 1.97 bits per heavy atom. The van der Waals surface area contributed by atoms with Crippen molar-refractivity contribution in [1.82, 2.24) is 25.6 Å². The van der Waals surface area contributed by atoms with Crippen LogP contribution in [0.1, 0.15) is 73.1 Å². The summed E-state index contributed by atoms with van der Waals surface area (Å²) in [5.74, 6) is 0.745. The second kappa shape index (κ2) is 8.32. The Bertz CT molecular complexity index is 858. The summed E-state index contributed by atoms with van der Waals surface area (Å²) >= 11 is 0. The van der Waals surface area contributed by atoms with Crippen molar-refractivity contribution >= 4 is 18.3 Å². The zero-order valence-electron chi connectivity index (χ0n) is 16.5. The molecule has 1 spiro atoms. The summed E-state index contributed by atoms with van der Waals surface area (Å²) in [6.07, 6.45) is 9.13. The van der Waals surface area contributed by atoms with Gasteiger partial charge in [-0.3, -0.25) is 4.79 Å². The van der Waals surface area contributed by atoms with Gasteiger partial charge in [0.05, 0.1) is 18.3 Å². The SMILES string of the molecule is Cl.O=C(NC1CC2(CCCC2)Oc2ccccc21)c1cn(C2CCNCC2)nn1. The molecule has 156 valence electrons. The average molecular weight is 418 g/mol. The number of hydrogen-bond donors (Lipinski definition) is 2. The van der Waals surface area contributed by atoms with Crippen molar-refractivity contribution in [3.8, 4) is 5.75 Å². The van der Waals surface area contributed by atoms with Crippen molar-refractivity contribution in [1.29, 1.82) is 0 Å². The van der Waals surface area contributed by atoms with E-state index in [1.807, 2.05) is 28.9 Å². The van der Waals surface area contributed by atoms with Crippen molar-refractivity contribution < 1.29 is 9.53 Å². The van der Waals surface area contributed by atoms with E-state index in [1.165, 1.54) is 12.8 Å². The molecule has 8 heteroatoms. The summed E-state index contributed by atoms with van der Waals surface area (Å²) in [5, 5.41) is 14.9. The number of rotatable bonds is 3. The number of halogens is 1. The number of piperidine rings is 1. The number of amides is 1. The van der Waals surface area contributed by atoms with Gasteiger partial charge in [0.25, 0.3) is 5.91 Å². The fraction of sp³-hybridized carbons (Fsp3) is 0.571. The molecule has 1 atom stereocenters. The van der Waals surface area contributed by atoms with Gasteiger partial charge in [-0.05, 0) is 57.7 Å². The number of aromatic nitrogens is 3. The largest absolute Gasteiger partial charge is 0.487 e. The van der Waals surface area contributed by atoms with Crippen LogP contribution in [-0.4, -0.2) is 39.6 Å². The Morgan fingerprint density at radius 3 is 2.76 bits per heavy atom. The third-order valence-electron chi connectivity index (χ3n) is 6.44. The molecule has 0 bridgehead atoms. The molecule has 0 radical (unpaired) electrons. The minimum absolute atomic E-state index is 0. The topological polar surface area (TPSA) is 81.1 Å². The van der Waals surface area contributed by atoms with Gasteiger partial charge >= 0.3 is 0 Å². The normalized spacial score (nSPS) is 23.1. The fourth-order valence-electron chi connectivity index (χ4n) is 4.94. The molecule has 2 fully saturated rings. The van der Waals surface area contributed by atoms with E-state index < -0.39 is 0 Å². The van der Waals surface area contributed by atoms with Gasteiger partial charge in [-0.25, -0.2) is 4.68 Å². The lowest BCUT2D eigenvalue weighted by Gasteiger charge is -2.40. The third kappa shape index (κ3) is 3.98. The quantitative estimate of drug-likeness (QED) is 0.801. The van der Waals surface area contributed by atoms with Gasteiger partial charge in [-0.15, -0.1) is 17.5 Å². The predicted molar refractivity (Wildman–Crippen MR) is 112 cm³/mol. The zero-order chi connectivity index (χ0) is 19.0. The molecular formula is C21H28ClN5O2. The van der Waals surface area contributed by atoms with Gasteiger partial charge in [0.1, 0.15) is 11.4 Å². The molecule has 7 nitrogen and oxygen atoms in total. The number of carbonyl (C=O) groups is 1. The monoisotopic (exact) mass is 417 g/mol. The van der Waals surface area contributed by atoms with Crippen LogP contribution in [0.25, 0.3) is 0 Å². The van der Waals surface area contributed by atoms with Gasteiger partial charge in [-0.1, -0.05) is 23.4 Å². The summed E-state index contributed by atoms with van der Waals surface area (Å²) in [7, 11) is 0. The van der Waals surface area contributed by atoms with E-state index in [0.717, 1.165) is 56.5 Å². The summed E-state index contributed by atoms with van der Waals surface area (Å²) < 4.78 is 8.25. The molecule has 1 saturated carbocycles. The van der Waals surface area contributed by atoms with Crippen LogP contribution in [0.4, 0.5) is 0 Å². The number of nitrogens with one attached hydrogen (secondary N) is 2. The van der Waals surface area contributed by atoms with Crippen LogP contribution in [0, 0.1) is 0 Å². The Labute approximate surface area is 177 Å². The van der Waals surface area contributed by atoms with Gasteiger partial charge < -0.3 is 15.4 Å². The first-order chi connectivity index (χ1) is 13.7. The van der Waals surface area contributed by atoms with Crippen LogP contribution >= 0.6 is 12.4 Å². The van der Waals surface area contributed by atoms with E-state index in [9.17, 15) is 4.79 Å². The molecule has 2 aromatic rings. The molecule has 1 aromatic carbocycles. The van der Waals surface area contributed by atoms with Crippen molar-refractivity contribution in [3.63, 3.8) is 0 Å². The number of para-hydroxylation sites is 1. The lowest BCUT2D eigenvalue weighted by molar-refractivity contribution is 0.0360. The molecule has 1 amide bonds. The number of hydrogen-bond acceptors (Lipinski definition) is 5. The molecule has 1 aliphatic carbocycles. The van der Waals surface area contributed by atoms with Crippen molar-refractivity contribution in [3.05, 3.63) is 41.7 Å². The molecule has 2 aliphatic heterocycles. The van der Waals surface area contributed by atoms with Crippen LogP contribution in [-0.2, 0) is 0 Å². The summed E-state index contributed by atoms with van der Waals surface area (Å²) in [6.45, 7) is 1.96. The summed E-state index contributed by atoms with van der Waals surface area (Å²) in [6, 6.07) is 8.33. The van der Waals surface area contributed by atoms with Crippen molar-refractivity contribution in [2.75, 3.05) is 13.1 Å². The molecule has 29 heavy (non-hydrogen) atoms. The van der Waals surface area contributed by atoms with Gasteiger partial charge in [0.15, 0.2) is 5.69 Å². The Balaban J connectivity index is 0.00000205. The number of carbonyl (C=O) groups excluding carboxylic acids is 1. The Kier molecular flexibility index (Phi) is 5.79. The molecule has 3 heterocycles. The molecule has 1 aromatic heterocycles. The van der Waals surface area contributed by atoms with E-state index >= 15 is 0 Å². The minimum Gasteiger partial charge on any atom is -0.487 e. The first-order valence-corrected chi connectivity index (χ1v) is 10.4. The molecule has 5 rings (SSSR count). The predicted octanol–water partition coefficient (Wildman–Crippen LogP) is 3.19. The zero-order valence-corrected chi connectivity index (χ0v) is 17.3. The average Bonchev–Trinajstić information content (AvgIpc) is 3.39. The fourth-order valence-corrected chi connectivity index (χ4v) is 4.94. The molecule has 1 saturated heterocycles. The highest BCUT2D eigenvalue weighted by molar-refractivity contribution is 5.92. The first kappa shape index (κ1) is 20.2. The van der Waals surface area contributed by atoms with E-state index in [2.05, 4.69) is 20.9 Å². The Hall–Kier alpha value is -2.12.